The number of oxazole rings is 1. The van der Waals surface area contributed by atoms with Gasteiger partial charge in [-0.05, 0) is 12.1 Å². The maximum absolute atomic E-state index is 5.53. The number of nitrogens with zero attached hydrogens (tertiary/aromatic N) is 8. The number of aromatic amines is 1. The van der Waals surface area contributed by atoms with Crippen molar-refractivity contribution >= 4 is 34.1 Å². The second kappa shape index (κ2) is 5.52. The number of hydrogen-bond donors (Lipinski definition) is 1. The molecule has 0 aromatic carbocycles. The molecule has 5 rings (SSSR count). The number of aromatic nitrogens is 5. The lowest BCUT2D eigenvalue weighted by Crippen LogP contribution is -2.49. The summed E-state index contributed by atoms with van der Waals surface area (Å²) in [6.07, 6.45) is 8.05. The molecule has 0 amide bonds. The Hall–Kier alpha value is -3.54. The van der Waals surface area contributed by atoms with Crippen molar-refractivity contribution in [3.63, 3.8) is 0 Å². The van der Waals surface area contributed by atoms with Crippen LogP contribution in [0.25, 0.3) is 0 Å². The number of hydrogen-bond acceptors (Lipinski definition) is 11. The minimum Gasteiger partial charge on any atom is -0.430 e. The van der Waals surface area contributed by atoms with Gasteiger partial charge in [0.25, 0.3) is 0 Å². The van der Waals surface area contributed by atoms with Crippen LogP contribution in [0.2, 0.25) is 0 Å². The van der Waals surface area contributed by atoms with Crippen molar-refractivity contribution in [2.75, 3.05) is 20.3 Å². The van der Waals surface area contributed by atoms with E-state index in [1.165, 1.54) is 23.9 Å². The molecule has 0 bridgehead atoms. The van der Waals surface area contributed by atoms with Gasteiger partial charge >= 0.3 is 6.01 Å². The van der Waals surface area contributed by atoms with Crippen molar-refractivity contribution in [3.8, 4) is 0 Å². The normalized spacial score (nSPS) is 14.7. The molecule has 1 aliphatic heterocycles. The summed E-state index contributed by atoms with van der Waals surface area (Å²) in [5.74, 6) is 1.26. The van der Waals surface area contributed by atoms with Crippen molar-refractivity contribution in [1.29, 1.82) is 0 Å². The number of hydrazine groups is 3. The first-order chi connectivity index (χ1) is 12.4. The smallest absolute Gasteiger partial charge is 0.339 e. The fourth-order valence-corrected chi connectivity index (χ4v) is 3.03. The minimum absolute atomic E-state index is 0.347. The Morgan fingerprint density at radius 2 is 2.12 bits per heavy atom. The van der Waals surface area contributed by atoms with Crippen molar-refractivity contribution in [1.82, 2.24) is 25.3 Å². The molecule has 0 spiro atoms. The van der Waals surface area contributed by atoms with Crippen LogP contribution < -0.4 is 20.3 Å². The van der Waals surface area contributed by atoms with E-state index in [0.717, 1.165) is 5.82 Å². The van der Waals surface area contributed by atoms with E-state index in [4.69, 9.17) is 8.94 Å². The first-order valence-electron chi connectivity index (χ1n) is 7.15. The SMILES string of the molecule is [CH]1N(c2ccc[nH]2)N(c2ncco2)N(c2nccs2)N1c1conn1. The predicted octanol–water partition coefficient (Wildman–Crippen LogP) is 2.05. The summed E-state index contributed by atoms with van der Waals surface area (Å²) in [4.78, 5) is 11.8. The molecule has 125 valence electrons. The molecule has 1 radical (unpaired) electrons. The van der Waals surface area contributed by atoms with Crippen molar-refractivity contribution in [2.24, 2.45) is 0 Å². The number of rotatable bonds is 4. The Bertz CT molecular complexity index is 831. The molecule has 1 N–H and O–H groups in total. The van der Waals surface area contributed by atoms with Gasteiger partial charge < -0.3 is 13.9 Å². The second-order valence-corrected chi connectivity index (χ2v) is 5.70. The van der Waals surface area contributed by atoms with Crippen molar-refractivity contribution in [3.05, 3.63) is 55.3 Å². The van der Waals surface area contributed by atoms with E-state index < -0.39 is 0 Å². The molecule has 0 unspecified atom stereocenters. The number of nitrogens with one attached hydrogen (secondary N) is 1. The summed E-state index contributed by atoms with van der Waals surface area (Å²) >= 11 is 1.45. The minimum atomic E-state index is 0.347. The zero-order valence-corrected chi connectivity index (χ0v) is 13.3. The van der Waals surface area contributed by atoms with E-state index in [0.29, 0.717) is 17.0 Å². The lowest BCUT2D eigenvalue weighted by molar-refractivity contribution is 0.393. The highest BCUT2D eigenvalue weighted by molar-refractivity contribution is 7.13. The highest BCUT2D eigenvalue weighted by Gasteiger charge is 2.43. The molecule has 1 aliphatic rings. The molecule has 1 fully saturated rings. The standard InChI is InChI=1S/C13H10N9O2S/c1-2-10(14-3-1)19-9-20(11-8-24-18-17-11)22(13-16-5-7-25-13)21(19)12-15-4-6-23-12/h1-9,14H. The third kappa shape index (κ3) is 2.19. The van der Waals surface area contributed by atoms with E-state index in [-0.39, 0.29) is 0 Å². The maximum Gasteiger partial charge on any atom is 0.339 e. The fraction of sp³-hybridized carbons (Fsp3) is 0. The van der Waals surface area contributed by atoms with Crippen LogP contribution in [0.1, 0.15) is 0 Å². The van der Waals surface area contributed by atoms with Crippen molar-refractivity contribution < 1.29 is 8.94 Å². The van der Waals surface area contributed by atoms with Crippen LogP contribution in [0.5, 0.6) is 0 Å². The highest BCUT2D eigenvalue weighted by atomic mass is 32.1. The average Bonchev–Trinajstić information content (AvgIpc) is 3.48. The van der Waals surface area contributed by atoms with Crippen LogP contribution in [-0.2, 0) is 0 Å². The molecule has 5 heterocycles. The lowest BCUT2D eigenvalue weighted by Gasteiger charge is -2.31. The summed E-state index contributed by atoms with van der Waals surface area (Å²) < 4.78 is 10.4. The summed E-state index contributed by atoms with van der Waals surface area (Å²) in [6.45, 7) is 1.79. The molecule has 4 aromatic heterocycles. The van der Waals surface area contributed by atoms with Crippen LogP contribution in [0.3, 0.4) is 0 Å². The van der Waals surface area contributed by atoms with Crippen LogP contribution in [0, 0.1) is 6.67 Å². The zero-order chi connectivity index (χ0) is 16.6. The van der Waals surface area contributed by atoms with Gasteiger partial charge in [0.2, 0.25) is 10.9 Å². The van der Waals surface area contributed by atoms with Crippen LogP contribution in [0.15, 0.2) is 57.6 Å². The zero-order valence-electron chi connectivity index (χ0n) is 12.5. The lowest BCUT2D eigenvalue weighted by atomic mass is 10.6. The molecular formula is C13H10N9O2S. The molecule has 4 aromatic rings. The number of thiazole rings is 1. The summed E-state index contributed by atoms with van der Waals surface area (Å²) in [5.41, 5.74) is 0. The molecule has 12 heteroatoms. The molecule has 25 heavy (non-hydrogen) atoms. The van der Waals surface area contributed by atoms with E-state index >= 15 is 0 Å². The molecule has 0 aliphatic carbocycles. The molecule has 0 atom stereocenters. The van der Waals surface area contributed by atoms with Crippen LogP contribution >= 0.6 is 11.3 Å². The van der Waals surface area contributed by atoms with Crippen LogP contribution in [0.4, 0.5) is 22.8 Å². The van der Waals surface area contributed by atoms with Gasteiger partial charge in [-0.15, -0.1) is 21.6 Å². The van der Waals surface area contributed by atoms with E-state index in [9.17, 15) is 0 Å². The molecule has 1 saturated heterocycles. The van der Waals surface area contributed by atoms with Gasteiger partial charge in [-0.1, -0.05) is 5.10 Å². The van der Waals surface area contributed by atoms with Gasteiger partial charge in [0.1, 0.15) is 12.1 Å². The third-order valence-corrected chi connectivity index (χ3v) is 4.14. The maximum atomic E-state index is 5.53. The fourth-order valence-electron chi connectivity index (χ4n) is 2.40. The van der Waals surface area contributed by atoms with Crippen molar-refractivity contribution in [2.45, 2.75) is 0 Å². The Kier molecular flexibility index (Phi) is 3.06. The van der Waals surface area contributed by atoms with Gasteiger partial charge in [0.05, 0.1) is 6.20 Å². The Balaban J connectivity index is 1.66. The number of anilines is 4. The van der Waals surface area contributed by atoms with Gasteiger partial charge in [-0.2, -0.15) is 4.98 Å². The summed E-state index contributed by atoms with van der Waals surface area (Å²) in [7, 11) is 0. The quantitative estimate of drug-likeness (QED) is 0.584. The number of H-pyrrole nitrogens is 1. The monoisotopic (exact) mass is 356 g/mol. The van der Waals surface area contributed by atoms with E-state index in [1.807, 2.05) is 28.7 Å². The molecular weight excluding hydrogens is 346 g/mol. The third-order valence-electron chi connectivity index (χ3n) is 3.40. The average molecular weight is 356 g/mol. The van der Waals surface area contributed by atoms with E-state index in [1.54, 1.807) is 34.3 Å². The largest absolute Gasteiger partial charge is 0.430 e. The summed E-state index contributed by atoms with van der Waals surface area (Å²) in [6, 6.07) is 4.15. The predicted molar refractivity (Wildman–Crippen MR) is 87.9 cm³/mol. The van der Waals surface area contributed by atoms with Gasteiger partial charge in [-0.25, -0.2) is 15.0 Å². The second-order valence-electron chi connectivity index (χ2n) is 4.83. The first kappa shape index (κ1) is 13.9. The van der Waals surface area contributed by atoms with Gasteiger partial charge in [-0.3, -0.25) is 0 Å². The summed E-state index contributed by atoms with van der Waals surface area (Å²) in [5, 5.41) is 17.1. The first-order valence-corrected chi connectivity index (χ1v) is 8.02. The topological polar surface area (TPSA) is 107 Å². The Labute approximate surface area is 144 Å². The Morgan fingerprint density at radius 3 is 2.80 bits per heavy atom. The van der Waals surface area contributed by atoms with Gasteiger partial charge in [0, 0.05) is 23.0 Å². The van der Waals surface area contributed by atoms with E-state index in [2.05, 4.69) is 25.3 Å². The van der Waals surface area contributed by atoms with Gasteiger partial charge in [0.15, 0.2) is 12.9 Å². The molecule has 11 nitrogen and oxygen atoms in total. The Morgan fingerprint density at radius 1 is 1.12 bits per heavy atom. The van der Waals surface area contributed by atoms with Crippen LogP contribution in [-0.4, -0.2) is 25.3 Å². The highest BCUT2D eigenvalue weighted by Crippen LogP contribution is 2.37. The molecule has 0 saturated carbocycles.